The Bertz CT molecular complexity index is 1380. The van der Waals surface area contributed by atoms with E-state index in [9.17, 15) is 13.5 Å². The highest BCUT2D eigenvalue weighted by Crippen LogP contribution is 2.22. The summed E-state index contributed by atoms with van der Waals surface area (Å²) in [5, 5.41) is 21.9. The third-order valence-electron chi connectivity index (χ3n) is 5.43. The summed E-state index contributed by atoms with van der Waals surface area (Å²) in [5.74, 6) is 0.743. The van der Waals surface area contributed by atoms with Crippen molar-refractivity contribution in [2.24, 2.45) is 0 Å². The topological polar surface area (TPSA) is 116 Å². The molecule has 8 nitrogen and oxygen atoms in total. The summed E-state index contributed by atoms with van der Waals surface area (Å²) < 4.78 is 33.7. The molecule has 0 fully saturated rings. The van der Waals surface area contributed by atoms with Crippen LogP contribution in [0, 0.1) is 13.8 Å². The van der Waals surface area contributed by atoms with Gasteiger partial charge in [-0.15, -0.1) is 0 Å². The average molecular weight is 481 g/mol. The molecule has 3 aromatic carbocycles. The molecule has 4 rings (SSSR count). The van der Waals surface area contributed by atoms with Crippen LogP contribution in [0.2, 0.25) is 0 Å². The lowest BCUT2D eigenvalue weighted by atomic mass is 10.1. The Morgan fingerprint density at radius 3 is 2.71 bits per heavy atom. The van der Waals surface area contributed by atoms with Gasteiger partial charge in [0.25, 0.3) is 10.0 Å². The maximum absolute atomic E-state index is 12.7. The third kappa shape index (κ3) is 5.74. The molecule has 0 saturated carbocycles. The Morgan fingerprint density at radius 2 is 1.88 bits per heavy atom. The van der Waals surface area contributed by atoms with Gasteiger partial charge in [0, 0.05) is 30.2 Å². The molecule has 9 heteroatoms. The zero-order valence-corrected chi connectivity index (χ0v) is 19.9. The molecule has 1 heterocycles. The number of aromatic amines is 1. The highest BCUT2D eigenvalue weighted by molar-refractivity contribution is 7.92. The molecule has 0 aliphatic carbocycles. The fraction of sp³-hybridized carbons (Fsp3) is 0.240. The van der Waals surface area contributed by atoms with Crippen molar-refractivity contribution in [2.75, 3.05) is 24.4 Å². The number of ether oxygens (including phenoxy) is 1. The molecular formula is C25H28N4O4S. The van der Waals surface area contributed by atoms with Crippen molar-refractivity contribution in [3.63, 3.8) is 0 Å². The van der Waals surface area contributed by atoms with Crippen molar-refractivity contribution in [2.45, 2.75) is 24.8 Å². The van der Waals surface area contributed by atoms with E-state index < -0.39 is 16.1 Å². The van der Waals surface area contributed by atoms with Crippen LogP contribution in [-0.2, 0) is 10.0 Å². The van der Waals surface area contributed by atoms with Crippen molar-refractivity contribution >= 4 is 26.6 Å². The fourth-order valence-corrected chi connectivity index (χ4v) is 4.78. The molecule has 1 unspecified atom stereocenters. The van der Waals surface area contributed by atoms with E-state index in [1.807, 2.05) is 38.1 Å². The first-order chi connectivity index (χ1) is 16.3. The molecule has 0 saturated heterocycles. The number of hydrogen-bond acceptors (Lipinski definition) is 6. The predicted molar refractivity (Wildman–Crippen MR) is 133 cm³/mol. The number of nitrogens with zero attached hydrogens (tertiary/aromatic N) is 1. The van der Waals surface area contributed by atoms with Gasteiger partial charge >= 0.3 is 0 Å². The van der Waals surface area contributed by atoms with Crippen LogP contribution in [0.5, 0.6) is 5.75 Å². The summed E-state index contributed by atoms with van der Waals surface area (Å²) in [6, 6.07) is 19.3. The van der Waals surface area contributed by atoms with Gasteiger partial charge in [0.2, 0.25) is 0 Å². The monoisotopic (exact) mass is 480 g/mol. The SMILES string of the molecule is Cc1cccc(S(=O)(=O)Nc2cccc(C(O)CNCCOc3ccc4c(C)n[nH]c4c3)c2)c1. The van der Waals surface area contributed by atoms with Crippen LogP contribution in [0.3, 0.4) is 0 Å². The van der Waals surface area contributed by atoms with E-state index in [2.05, 4.69) is 20.2 Å². The standard InChI is InChI=1S/C25H28N4O4S/c1-17-5-3-8-22(13-17)34(31,32)29-20-7-4-6-19(14-20)25(30)16-26-11-12-33-21-9-10-23-18(2)27-28-24(23)15-21/h3-10,13-15,25-26,29-30H,11-12,16H2,1-2H3,(H,27,28). The first kappa shape index (κ1) is 23.7. The molecule has 0 aliphatic rings. The lowest BCUT2D eigenvalue weighted by Gasteiger charge is -2.15. The van der Waals surface area contributed by atoms with Gasteiger partial charge in [-0.3, -0.25) is 9.82 Å². The third-order valence-corrected chi connectivity index (χ3v) is 6.81. The maximum Gasteiger partial charge on any atom is 0.261 e. The van der Waals surface area contributed by atoms with E-state index >= 15 is 0 Å². The smallest absolute Gasteiger partial charge is 0.261 e. The van der Waals surface area contributed by atoms with Gasteiger partial charge in [0.05, 0.1) is 22.2 Å². The Hall–Kier alpha value is -3.40. The average Bonchev–Trinajstić information content (AvgIpc) is 3.18. The first-order valence-electron chi connectivity index (χ1n) is 11.0. The number of anilines is 1. The summed E-state index contributed by atoms with van der Waals surface area (Å²) >= 11 is 0. The molecule has 178 valence electrons. The number of nitrogens with one attached hydrogen (secondary N) is 3. The number of benzene rings is 3. The van der Waals surface area contributed by atoms with Crippen LogP contribution in [0.4, 0.5) is 5.69 Å². The van der Waals surface area contributed by atoms with Crippen molar-refractivity contribution in [3.8, 4) is 5.75 Å². The second-order valence-electron chi connectivity index (χ2n) is 8.13. The molecule has 0 radical (unpaired) electrons. The van der Waals surface area contributed by atoms with Crippen molar-refractivity contribution < 1.29 is 18.3 Å². The van der Waals surface area contributed by atoms with Crippen LogP contribution >= 0.6 is 0 Å². The molecule has 1 atom stereocenters. The number of aryl methyl sites for hydroxylation is 2. The van der Waals surface area contributed by atoms with Crippen LogP contribution in [0.25, 0.3) is 10.9 Å². The number of aromatic nitrogens is 2. The van der Waals surface area contributed by atoms with Crippen molar-refractivity contribution in [3.05, 3.63) is 83.6 Å². The van der Waals surface area contributed by atoms with Crippen LogP contribution in [0.15, 0.2) is 71.6 Å². The minimum absolute atomic E-state index is 0.196. The number of sulfonamides is 1. The Kier molecular flexibility index (Phi) is 7.16. The zero-order chi connectivity index (χ0) is 24.1. The number of hydrogen-bond donors (Lipinski definition) is 4. The van der Waals surface area contributed by atoms with Crippen molar-refractivity contribution in [1.82, 2.24) is 15.5 Å². The number of H-pyrrole nitrogens is 1. The largest absolute Gasteiger partial charge is 0.492 e. The van der Waals surface area contributed by atoms with E-state index in [1.165, 1.54) is 0 Å². The summed E-state index contributed by atoms with van der Waals surface area (Å²) in [6.45, 7) is 5.06. The van der Waals surface area contributed by atoms with Gasteiger partial charge in [0.15, 0.2) is 0 Å². The first-order valence-corrected chi connectivity index (χ1v) is 12.5. The lowest BCUT2D eigenvalue weighted by Crippen LogP contribution is -2.26. The van der Waals surface area contributed by atoms with Crippen molar-refractivity contribution in [1.29, 1.82) is 0 Å². The molecule has 4 aromatic rings. The summed E-state index contributed by atoms with van der Waals surface area (Å²) in [6.07, 6.45) is -0.798. The van der Waals surface area contributed by atoms with Gasteiger partial charge in [0.1, 0.15) is 12.4 Å². The molecule has 4 N–H and O–H groups in total. The van der Waals surface area contributed by atoms with Crippen LogP contribution in [0.1, 0.15) is 22.9 Å². The molecular weight excluding hydrogens is 452 g/mol. The quantitative estimate of drug-likeness (QED) is 0.257. The van der Waals surface area contributed by atoms with E-state index in [1.54, 1.807) is 42.5 Å². The molecule has 0 aliphatic heterocycles. The fourth-order valence-electron chi connectivity index (χ4n) is 3.63. The minimum Gasteiger partial charge on any atom is -0.492 e. The van der Waals surface area contributed by atoms with Gasteiger partial charge in [-0.1, -0.05) is 24.3 Å². The Morgan fingerprint density at radius 1 is 1.06 bits per heavy atom. The van der Waals surface area contributed by atoms with Gasteiger partial charge < -0.3 is 15.2 Å². The molecule has 0 spiro atoms. The second-order valence-corrected chi connectivity index (χ2v) is 9.81. The second kappa shape index (κ2) is 10.3. The molecule has 0 amide bonds. The predicted octanol–water partition coefficient (Wildman–Crippen LogP) is 3.68. The Labute approximate surface area is 199 Å². The number of rotatable bonds is 10. The number of aliphatic hydroxyl groups is 1. The lowest BCUT2D eigenvalue weighted by molar-refractivity contribution is 0.172. The summed E-state index contributed by atoms with van der Waals surface area (Å²) in [5.41, 5.74) is 3.74. The van der Waals surface area contributed by atoms with E-state index in [0.29, 0.717) is 30.9 Å². The maximum atomic E-state index is 12.7. The summed E-state index contributed by atoms with van der Waals surface area (Å²) in [4.78, 5) is 0.196. The van der Waals surface area contributed by atoms with E-state index in [4.69, 9.17) is 4.74 Å². The molecule has 1 aromatic heterocycles. The van der Waals surface area contributed by atoms with Crippen LogP contribution in [-0.4, -0.2) is 43.4 Å². The summed E-state index contributed by atoms with van der Waals surface area (Å²) in [7, 11) is -3.71. The normalized spacial score (nSPS) is 12.6. The number of fused-ring (bicyclic) bond motifs is 1. The molecule has 0 bridgehead atoms. The molecule has 34 heavy (non-hydrogen) atoms. The van der Waals surface area contributed by atoms with Gasteiger partial charge in [-0.25, -0.2) is 8.42 Å². The van der Waals surface area contributed by atoms with E-state index in [-0.39, 0.29) is 4.90 Å². The Balaban J connectivity index is 1.27. The highest BCUT2D eigenvalue weighted by atomic mass is 32.2. The zero-order valence-electron chi connectivity index (χ0n) is 19.1. The van der Waals surface area contributed by atoms with E-state index in [0.717, 1.165) is 27.9 Å². The highest BCUT2D eigenvalue weighted by Gasteiger charge is 2.15. The van der Waals surface area contributed by atoms with Gasteiger partial charge in [-0.2, -0.15) is 5.10 Å². The number of aliphatic hydroxyl groups excluding tert-OH is 1. The van der Waals surface area contributed by atoms with Gasteiger partial charge in [-0.05, 0) is 61.4 Å². The van der Waals surface area contributed by atoms with Crippen LogP contribution < -0.4 is 14.8 Å². The minimum atomic E-state index is -3.71.